The molecule has 0 spiro atoms. The van der Waals surface area contributed by atoms with Gasteiger partial charge in [0.05, 0.1) is 11.8 Å². The second kappa shape index (κ2) is 4.55. The minimum Gasteiger partial charge on any atom is -0.393 e. The van der Waals surface area contributed by atoms with Crippen LogP contribution >= 0.6 is 11.3 Å². The predicted octanol–water partition coefficient (Wildman–Crippen LogP) is 2.73. The van der Waals surface area contributed by atoms with Crippen LogP contribution in [0.3, 0.4) is 0 Å². The van der Waals surface area contributed by atoms with Crippen LogP contribution in [0.1, 0.15) is 12.6 Å². The highest BCUT2D eigenvalue weighted by molar-refractivity contribution is 7.13. The lowest BCUT2D eigenvalue weighted by Crippen LogP contribution is -2.04. The molecule has 0 aliphatic carbocycles. The van der Waals surface area contributed by atoms with E-state index < -0.39 is 0 Å². The molecule has 3 heteroatoms. The lowest BCUT2D eigenvalue weighted by atomic mass is 10.2. The summed E-state index contributed by atoms with van der Waals surface area (Å²) in [6, 6.07) is 10.1. The highest BCUT2D eigenvalue weighted by Crippen LogP contribution is 2.23. The number of nitrogens with zero attached hydrogens (tertiary/aromatic N) is 1. The van der Waals surface area contributed by atoms with Gasteiger partial charge in [0.15, 0.2) is 0 Å². The predicted molar refractivity (Wildman–Crippen MR) is 62.9 cm³/mol. The Morgan fingerprint density at radius 3 is 2.73 bits per heavy atom. The van der Waals surface area contributed by atoms with Crippen LogP contribution in [0.15, 0.2) is 35.7 Å². The van der Waals surface area contributed by atoms with Crippen molar-refractivity contribution in [1.82, 2.24) is 4.98 Å². The first kappa shape index (κ1) is 10.3. The Hall–Kier alpha value is -1.19. The minimum atomic E-state index is -0.323. The summed E-state index contributed by atoms with van der Waals surface area (Å²) < 4.78 is 0. The van der Waals surface area contributed by atoms with E-state index in [1.807, 2.05) is 35.7 Å². The fourth-order valence-corrected chi connectivity index (χ4v) is 2.26. The zero-order valence-electron chi connectivity index (χ0n) is 8.55. The number of benzene rings is 1. The zero-order valence-corrected chi connectivity index (χ0v) is 9.37. The first-order valence-corrected chi connectivity index (χ1v) is 5.81. The molecule has 1 aromatic heterocycles. The molecule has 78 valence electrons. The van der Waals surface area contributed by atoms with Crippen molar-refractivity contribution in [2.45, 2.75) is 19.4 Å². The summed E-state index contributed by atoms with van der Waals surface area (Å²) in [6.45, 7) is 1.78. The molecule has 0 saturated carbocycles. The molecule has 0 fully saturated rings. The van der Waals surface area contributed by atoms with Gasteiger partial charge in [-0.1, -0.05) is 30.3 Å². The minimum absolute atomic E-state index is 0.323. The van der Waals surface area contributed by atoms with Gasteiger partial charge in [-0.05, 0) is 6.92 Å². The smallest absolute Gasteiger partial charge is 0.123 e. The van der Waals surface area contributed by atoms with Crippen LogP contribution in [0.2, 0.25) is 0 Å². The van der Waals surface area contributed by atoms with E-state index in [1.54, 1.807) is 18.3 Å². The number of hydrogen-bond acceptors (Lipinski definition) is 3. The molecule has 2 rings (SSSR count). The fraction of sp³-hybridized carbons (Fsp3) is 0.250. The number of aliphatic hydroxyl groups is 1. The van der Waals surface area contributed by atoms with Gasteiger partial charge in [-0.25, -0.2) is 4.98 Å². The van der Waals surface area contributed by atoms with E-state index in [4.69, 9.17) is 0 Å². The third-order valence-corrected chi connectivity index (χ3v) is 3.02. The quantitative estimate of drug-likeness (QED) is 0.861. The van der Waals surface area contributed by atoms with Crippen molar-refractivity contribution in [1.29, 1.82) is 0 Å². The van der Waals surface area contributed by atoms with E-state index in [2.05, 4.69) is 4.98 Å². The molecule has 15 heavy (non-hydrogen) atoms. The Labute approximate surface area is 93.2 Å². The van der Waals surface area contributed by atoms with Crippen LogP contribution in [-0.4, -0.2) is 16.2 Å². The molecule has 1 N–H and O–H groups in total. The van der Waals surface area contributed by atoms with Gasteiger partial charge in [0, 0.05) is 17.4 Å². The normalized spacial score (nSPS) is 12.7. The van der Waals surface area contributed by atoms with Crippen molar-refractivity contribution < 1.29 is 5.11 Å². The standard InChI is InChI=1S/C12H13NOS/c1-9(14)7-11-8-15-12(13-11)10-5-3-2-4-6-10/h2-6,8-9,14H,7H2,1H3. The Morgan fingerprint density at radius 1 is 1.33 bits per heavy atom. The van der Waals surface area contributed by atoms with Crippen molar-refractivity contribution in [2.75, 3.05) is 0 Å². The third-order valence-electron chi connectivity index (χ3n) is 2.08. The first-order valence-electron chi connectivity index (χ1n) is 4.93. The van der Waals surface area contributed by atoms with Crippen LogP contribution in [0.25, 0.3) is 10.6 Å². The number of hydrogen-bond donors (Lipinski definition) is 1. The van der Waals surface area contributed by atoms with Crippen molar-refractivity contribution in [2.24, 2.45) is 0 Å². The molecule has 0 aliphatic rings. The molecule has 1 aromatic carbocycles. The van der Waals surface area contributed by atoms with Gasteiger partial charge in [-0.15, -0.1) is 11.3 Å². The van der Waals surface area contributed by atoms with Crippen LogP contribution < -0.4 is 0 Å². The van der Waals surface area contributed by atoms with Crippen molar-refractivity contribution in [3.63, 3.8) is 0 Å². The Morgan fingerprint density at radius 2 is 2.07 bits per heavy atom. The van der Waals surface area contributed by atoms with Crippen molar-refractivity contribution >= 4 is 11.3 Å². The molecule has 1 unspecified atom stereocenters. The number of rotatable bonds is 3. The Bertz CT molecular complexity index is 422. The summed E-state index contributed by atoms with van der Waals surface area (Å²) >= 11 is 1.62. The molecule has 0 radical (unpaired) electrons. The largest absolute Gasteiger partial charge is 0.393 e. The summed E-state index contributed by atoms with van der Waals surface area (Å²) in [5.74, 6) is 0. The lowest BCUT2D eigenvalue weighted by Gasteiger charge is -1.98. The maximum atomic E-state index is 9.25. The van der Waals surface area contributed by atoms with E-state index in [0.29, 0.717) is 6.42 Å². The van der Waals surface area contributed by atoms with Gasteiger partial charge in [0.2, 0.25) is 0 Å². The second-order valence-electron chi connectivity index (χ2n) is 3.56. The number of thiazole rings is 1. The molecular formula is C12H13NOS. The molecule has 2 aromatic rings. The molecule has 0 aliphatic heterocycles. The molecule has 0 saturated heterocycles. The van der Waals surface area contributed by atoms with E-state index in [0.717, 1.165) is 16.3 Å². The molecule has 0 bridgehead atoms. The maximum absolute atomic E-state index is 9.25. The van der Waals surface area contributed by atoms with Gasteiger partial charge in [0.25, 0.3) is 0 Å². The summed E-state index contributed by atoms with van der Waals surface area (Å²) in [7, 11) is 0. The Balaban J connectivity index is 2.21. The average Bonchev–Trinajstić information content (AvgIpc) is 2.67. The highest BCUT2D eigenvalue weighted by Gasteiger charge is 2.06. The summed E-state index contributed by atoms with van der Waals surface area (Å²) in [5, 5.41) is 12.3. The summed E-state index contributed by atoms with van der Waals surface area (Å²) in [6.07, 6.45) is 0.305. The van der Waals surface area contributed by atoms with Gasteiger partial charge in [-0.3, -0.25) is 0 Å². The van der Waals surface area contributed by atoms with Crippen LogP contribution in [0.4, 0.5) is 0 Å². The zero-order chi connectivity index (χ0) is 10.7. The molecule has 0 amide bonds. The van der Waals surface area contributed by atoms with Crippen molar-refractivity contribution in [3.05, 3.63) is 41.4 Å². The van der Waals surface area contributed by atoms with Crippen LogP contribution in [-0.2, 0) is 6.42 Å². The van der Waals surface area contributed by atoms with E-state index in [-0.39, 0.29) is 6.10 Å². The summed E-state index contributed by atoms with van der Waals surface area (Å²) in [5.41, 5.74) is 2.10. The van der Waals surface area contributed by atoms with Crippen LogP contribution in [0, 0.1) is 0 Å². The Kier molecular flexibility index (Phi) is 3.14. The molecular weight excluding hydrogens is 206 g/mol. The maximum Gasteiger partial charge on any atom is 0.123 e. The van der Waals surface area contributed by atoms with Crippen molar-refractivity contribution in [3.8, 4) is 10.6 Å². The SMILES string of the molecule is CC(O)Cc1csc(-c2ccccc2)n1. The van der Waals surface area contributed by atoms with Gasteiger partial charge >= 0.3 is 0 Å². The topological polar surface area (TPSA) is 33.1 Å². The first-order chi connectivity index (χ1) is 7.25. The van der Waals surface area contributed by atoms with Crippen LogP contribution in [0.5, 0.6) is 0 Å². The van der Waals surface area contributed by atoms with E-state index >= 15 is 0 Å². The third kappa shape index (κ3) is 2.64. The average molecular weight is 219 g/mol. The van der Waals surface area contributed by atoms with Gasteiger partial charge in [0.1, 0.15) is 5.01 Å². The lowest BCUT2D eigenvalue weighted by molar-refractivity contribution is 0.194. The summed E-state index contributed by atoms with van der Waals surface area (Å²) in [4.78, 5) is 4.48. The highest BCUT2D eigenvalue weighted by atomic mass is 32.1. The van der Waals surface area contributed by atoms with Gasteiger partial charge in [-0.2, -0.15) is 0 Å². The molecule has 1 atom stereocenters. The van der Waals surface area contributed by atoms with E-state index in [1.165, 1.54) is 0 Å². The molecule has 2 nitrogen and oxygen atoms in total. The number of aromatic nitrogens is 1. The fourth-order valence-electron chi connectivity index (χ4n) is 1.42. The van der Waals surface area contributed by atoms with E-state index in [9.17, 15) is 5.11 Å². The second-order valence-corrected chi connectivity index (χ2v) is 4.42. The monoisotopic (exact) mass is 219 g/mol. The number of aliphatic hydroxyl groups excluding tert-OH is 1. The molecule has 1 heterocycles. The van der Waals surface area contributed by atoms with Gasteiger partial charge < -0.3 is 5.11 Å².